The fourth-order valence-corrected chi connectivity index (χ4v) is 3.22. The molecule has 24 heavy (non-hydrogen) atoms. The molecule has 1 fully saturated rings. The average Bonchev–Trinajstić information content (AvgIpc) is 2.52. The van der Waals surface area contributed by atoms with E-state index in [1.165, 1.54) is 0 Å². The topological polar surface area (TPSA) is 50.8 Å². The SMILES string of the molecule is CCOc1cc(/C=C/C(=O)N2CC(C)NC(C)C2)cc(Cl)c1OC. The highest BCUT2D eigenvalue weighted by molar-refractivity contribution is 6.32. The summed E-state index contributed by atoms with van der Waals surface area (Å²) in [5.41, 5.74) is 0.800. The third-order valence-electron chi connectivity index (χ3n) is 3.82. The molecule has 1 aliphatic heterocycles. The van der Waals surface area contributed by atoms with Gasteiger partial charge in [0.1, 0.15) is 0 Å². The van der Waals surface area contributed by atoms with Crippen LogP contribution in [-0.4, -0.2) is 49.7 Å². The van der Waals surface area contributed by atoms with Gasteiger partial charge in [-0.1, -0.05) is 11.6 Å². The third-order valence-corrected chi connectivity index (χ3v) is 4.10. The van der Waals surface area contributed by atoms with Crippen LogP contribution in [0.2, 0.25) is 5.02 Å². The number of nitrogens with zero attached hydrogens (tertiary/aromatic N) is 1. The lowest BCUT2D eigenvalue weighted by molar-refractivity contribution is -0.127. The van der Waals surface area contributed by atoms with Crippen molar-refractivity contribution >= 4 is 23.6 Å². The largest absolute Gasteiger partial charge is 0.491 e. The molecule has 2 rings (SSSR count). The van der Waals surface area contributed by atoms with Gasteiger partial charge in [0.15, 0.2) is 11.5 Å². The number of methoxy groups -OCH3 is 1. The van der Waals surface area contributed by atoms with Gasteiger partial charge in [-0.15, -0.1) is 0 Å². The van der Waals surface area contributed by atoms with E-state index in [2.05, 4.69) is 19.2 Å². The van der Waals surface area contributed by atoms with Crippen molar-refractivity contribution in [1.82, 2.24) is 10.2 Å². The van der Waals surface area contributed by atoms with Gasteiger partial charge in [-0.2, -0.15) is 0 Å². The zero-order valence-electron chi connectivity index (χ0n) is 14.6. The minimum atomic E-state index is 0.0000930. The van der Waals surface area contributed by atoms with Gasteiger partial charge in [0, 0.05) is 31.2 Å². The van der Waals surface area contributed by atoms with Gasteiger partial charge in [-0.05, 0) is 44.5 Å². The Balaban J connectivity index is 2.14. The van der Waals surface area contributed by atoms with Gasteiger partial charge < -0.3 is 19.7 Å². The molecule has 1 aromatic rings. The minimum Gasteiger partial charge on any atom is -0.491 e. The zero-order chi connectivity index (χ0) is 17.7. The fourth-order valence-electron chi connectivity index (χ4n) is 2.92. The normalized spacial score (nSPS) is 21.1. The molecule has 0 bridgehead atoms. The lowest BCUT2D eigenvalue weighted by Gasteiger charge is -2.35. The molecule has 1 N–H and O–H groups in total. The van der Waals surface area contributed by atoms with Crippen molar-refractivity contribution in [3.8, 4) is 11.5 Å². The number of amides is 1. The van der Waals surface area contributed by atoms with Crippen molar-refractivity contribution in [2.24, 2.45) is 0 Å². The molecule has 6 heteroatoms. The number of halogens is 1. The highest BCUT2D eigenvalue weighted by atomic mass is 35.5. The minimum absolute atomic E-state index is 0.0000930. The Kier molecular flexibility index (Phi) is 6.52. The summed E-state index contributed by atoms with van der Waals surface area (Å²) in [5.74, 6) is 1.08. The van der Waals surface area contributed by atoms with Gasteiger partial charge >= 0.3 is 0 Å². The first-order valence-corrected chi connectivity index (χ1v) is 8.55. The van der Waals surface area contributed by atoms with Gasteiger partial charge in [0.2, 0.25) is 5.91 Å². The third kappa shape index (κ3) is 4.65. The van der Waals surface area contributed by atoms with Gasteiger partial charge in [0.25, 0.3) is 0 Å². The second-order valence-electron chi connectivity index (χ2n) is 6.01. The summed E-state index contributed by atoms with van der Waals surface area (Å²) in [6.07, 6.45) is 3.34. The van der Waals surface area contributed by atoms with Crippen molar-refractivity contribution in [3.05, 3.63) is 28.8 Å². The van der Waals surface area contributed by atoms with Crippen LogP contribution in [0.25, 0.3) is 6.08 Å². The first-order chi connectivity index (χ1) is 11.4. The van der Waals surface area contributed by atoms with Crippen LogP contribution in [0.15, 0.2) is 18.2 Å². The van der Waals surface area contributed by atoms with Crippen LogP contribution >= 0.6 is 11.6 Å². The summed E-state index contributed by atoms with van der Waals surface area (Å²) >= 11 is 6.23. The molecule has 5 nitrogen and oxygen atoms in total. The van der Waals surface area contributed by atoms with E-state index in [1.807, 2.05) is 17.9 Å². The molecule has 0 saturated carbocycles. The first-order valence-electron chi connectivity index (χ1n) is 8.18. The summed E-state index contributed by atoms with van der Waals surface area (Å²) in [6, 6.07) is 4.17. The van der Waals surface area contributed by atoms with Crippen LogP contribution in [0.4, 0.5) is 0 Å². The molecule has 0 spiro atoms. The standard InChI is InChI=1S/C18H25ClN2O3/c1-5-24-16-9-14(8-15(19)18(16)23-4)6-7-17(22)21-10-12(2)20-13(3)11-21/h6-9,12-13,20H,5,10-11H2,1-4H3/b7-6+. The van der Waals surface area contributed by atoms with E-state index in [0.29, 0.717) is 48.3 Å². The van der Waals surface area contributed by atoms with E-state index in [4.69, 9.17) is 21.1 Å². The van der Waals surface area contributed by atoms with E-state index in [0.717, 1.165) is 5.56 Å². The summed E-state index contributed by atoms with van der Waals surface area (Å²) in [5, 5.41) is 3.87. The van der Waals surface area contributed by atoms with Crippen LogP contribution in [0, 0.1) is 0 Å². The van der Waals surface area contributed by atoms with Crippen molar-refractivity contribution in [1.29, 1.82) is 0 Å². The van der Waals surface area contributed by atoms with Gasteiger partial charge in [-0.25, -0.2) is 0 Å². The Morgan fingerprint density at radius 3 is 2.62 bits per heavy atom. The van der Waals surface area contributed by atoms with Crippen molar-refractivity contribution in [2.75, 3.05) is 26.8 Å². The predicted octanol–water partition coefficient (Wildman–Crippen LogP) is 2.97. The van der Waals surface area contributed by atoms with Crippen LogP contribution in [0.1, 0.15) is 26.3 Å². The van der Waals surface area contributed by atoms with Crippen molar-refractivity contribution in [3.63, 3.8) is 0 Å². The smallest absolute Gasteiger partial charge is 0.246 e. The summed E-state index contributed by atoms with van der Waals surface area (Å²) in [7, 11) is 1.55. The van der Waals surface area contributed by atoms with E-state index >= 15 is 0 Å². The molecule has 132 valence electrons. The lowest BCUT2D eigenvalue weighted by Crippen LogP contribution is -2.55. The van der Waals surface area contributed by atoms with Crippen LogP contribution in [0.5, 0.6) is 11.5 Å². The van der Waals surface area contributed by atoms with E-state index < -0.39 is 0 Å². The average molecular weight is 353 g/mol. The van der Waals surface area contributed by atoms with Crippen LogP contribution in [0.3, 0.4) is 0 Å². The number of ether oxygens (including phenoxy) is 2. The molecule has 1 amide bonds. The fraction of sp³-hybridized carbons (Fsp3) is 0.500. The molecule has 1 aromatic carbocycles. The zero-order valence-corrected chi connectivity index (χ0v) is 15.4. The number of hydrogen-bond donors (Lipinski definition) is 1. The summed E-state index contributed by atoms with van der Waals surface area (Å²) in [4.78, 5) is 14.3. The van der Waals surface area contributed by atoms with Crippen molar-refractivity contribution in [2.45, 2.75) is 32.9 Å². The molecule has 1 saturated heterocycles. The predicted molar refractivity (Wildman–Crippen MR) is 96.8 cm³/mol. The molecule has 2 atom stereocenters. The molecule has 0 aliphatic carbocycles. The molecule has 0 aromatic heterocycles. The maximum absolute atomic E-state index is 12.4. The maximum atomic E-state index is 12.4. The monoisotopic (exact) mass is 352 g/mol. The number of rotatable bonds is 5. The van der Waals surface area contributed by atoms with E-state index in [9.17, 15) is 4.79 Å². The molecule has 1 heterocycles. The Labute approximate surface area is 148 Å². The Morgan fingerprint density at radius 2 is 2.04 bits per heavy atom. The first kappa shape index (κ1) is 18.6. The molecular weight excluding hydrogens is 328 g/mol. The molecule has 2 unspecified atom stereocenters. The second-order valence-corrected chi connectivity index (χ2v) is 6.42. The number of carbonyl (C=O) groups excluding carboxylic acids is 1. The maximum Gasteiger partial charge on any atom is 0.246 e. The van der Waals surface area contributed by atoms with E-state index in [1.54, 1.807) is 25.3 Å². The Hall–Kier alpha value is -1.72. The quantitative estimate of drug-likeness (QED) is 0.828. The molecule has 1 aliphatic rings. The van der Waals surface area contributed by atoms with Gasteiger partial charge in [0.05, 0.1) is 18.7 Å². The molecular formula is C18H25ClN2O3. The van der Waals surface area contributed by atoms with Crippen LogP contribution < -0.4 is 14.8 Å². The van der Waals surface area contributed by atoms with Crippen molar-refractivity contribution < 1.29 is 14.3 Å². The Bertz CT molecular complexity index is 609. The van der Waals surface area contributed by atoms with E-state index in [-0.39, 0.29) is 5.91 Å². The summed E-state index contributed by atoms with van der Waals surface area (Å²) < 4.78 is 10.8. The highest BCUT2D eigenvalue weighted by Gasteiger charge is 2.23. The highest BCUT2D eigenvalue weighted by Crippen LogP contribution is 2.36. The number of benzene rings is 1. The molecule has 0 radical (unpaired) electrons. The number of carbonyl (C=O) groups is 1. The lowest BCUT2D eigenvalue weighted by atomic mass is 10.1. The van der Waals surface area contributed by atoms with Gasteiger partial charge in [-0.3, -0.25) is 4.79 Å². The number of nitrogens with one attached hydrogen (secondary N) is 1. The second kappa shape index (κ2) is 8.40. The number of piperazine rings is 1. The Morgan fingerprint density at radius 1 is 1.38 bits per heavy atom. The summed E-state index contributed by atoms with van der Waals surface area (Å²) in [6.45, 7) is 7.98. The van der Waals surface area contributed by atoms with Crippen LogP contribution in [-0.2, 0) is 4.79 Å². The number of hydrogen-bond acceptors (Lipinski definition) is 4.